The van der Waals surface area contributed by atoms with E-state index in [1.165, 1.54) is 33.0 Å². The lowest BCUT2D eigenvalue weighted by molar-refractivity contribution is 1.30. The molecule has 0 spiro atoms. The van der Waals surface area contributed by atoms with Gasteiger partial charge in [-0.3, -0.25) is 0 Å². The highest BCUT2D eigenvalue weighted by molar-refractivity contribution is 7.80. The van der Waals surface area contributed by atoms with Crippen LogP contribution in [0.5, 0.6) is 0 Å². The van der Waals surface area contributed by atoms with Gasteiger partial charge in [0.25, 0.3) is 0 Å². The van der Waals surface area contributed by atoms with Crippen molar-refractivity contribution in [1.29, 1.82) is 0 Å². The number of anilines is 3. The molecule has 1 heterocycles. The van der Waals surface area contributed by atoms with Crippen LogP contribution in [0, 0.1) is 0 Å². The van der Waals surface area contributed by atoms with Gasteiger partial charge in [0.2, 0.25) is 0 Å². The van der Waals surface area contributed by atoms with Crippen LogP contribution >= 0.6 is 24.0 Å². The summed E-state index contributed by atoms with van der Waals surface area (Å²) in [6, 6.07) is 75.8. The van der Waals surface area contributed by atoms with Crippen LogP contribution < -0.4 is 4.90 Å². The zero-order chi connectivity index (χ0) is 38.1. The Labute approximate surface area is 342 Å². The first kappa shape index (κ1) is 34.7. The van der Waals surface area contributed by atoms with E-state index in [4.69, 9.17) is 17.6 Å². The summed E-state index contributed by atoms with van der Waals surface area (Å²) in [5.74, 6) is 0. The number of hydrogen-bond donors (Lipinski definition) is 1. The van der Waals surface area contributed by atoms with Crippen molar-refractivity contribution in [2.45, 2.75) is 4.90 Å². The van der Waals surface area contributed by atoms with Gasteiger partial charge in [-0.25, -0.2) is 4.98 Å². The first-order chi connectivity index (χ1) is 28.2. The van der Waals surface area contributed by atoms with E-state index < -0.39 is 0 Å². The Bertz CT molecular complexity index is 2990. The second-order valence-corrected chi connectivity index (χ2v) is 15.7. The van der Waals surface area contributed by atoms with E-state index in [0.29, 0.717) is 0 Å². The molecule has 0 fully saturated rings. The van der Waals surface area contributed by atoms with E-state index in [1.807, 2.05) is 6.07 Å². The maximum atomic E-state index is 4.95. The Hall–Kier alpha value is -6.72. The first-order valence-electron chi connectivity index (χ1n) is 19.1. The third kappa shape index (κ3) is 6.80. The molecule has 57 heavy (non-hydrogen) atoms. The normalized spacial score (nSPS) is 11.2. The molecule has 9 aromatic carbocycles. The number of aromatic nitrogens is 1. The van der Waals surface area contributed by atoms with Crippen molar-refractivity contribution >= 4 is 62.0 Å². The maximum Gasteiger partial charge on any atom is 0.124 e. The minimum absolute atomic E-state index is 0.916. The van der Waals surface area contributed by atoms with Crippen LogP contribution in [0.25, 0.3) is 76.1 Å². The number of thiol groups is 1. The van der Waals surface area contributed by atoms with Gasteiger partial charge in [-0.15, -0.1) is 24.0 Å². The van der Waals surface area contributed by atoms with Gasteiger partial charge in [0.15, 0.2) is 0 Å². The van der Waals surface area contributed by atoms with Crippen LogP contribution in [0.4, 0.5) is 17.1 Å². The van der Waals surface area contributed by atoms with Crippen molar-refractivity contribution in [3.8, 4) is 55.1 Å². The Kier molecular flexibility index (Phi) is 9.19. The highest BCUT2D eigenvalue weighted by Crippen LogP contribution is 2.43. The molecule has 0 saturated carbocycles. The summed E-state index contributed by atoms with van der Waals surface area (Å²) in [6.07, 6.45) is 0. The second kappa shape index (κ2) is 15.1. The molecule has 0 aliphatic carbocycles. The van der Waals surface area contributed by atoms with Crippen molar-refractivity contribution in [2.24, 2.45) is 0 Å². The van der Waals surface area contributed by atoms with Crippen molar-refractivity contribution in [1.82, 2.24) is 4.98 Å². The second-order valence-electron chi connectivity index (χ2n) is 14.1. The van der Waals surface area contributed by atoms with Crippen molar-refractivity contribution in [3.63, 3.8) is 0 Å². The van der Waals surface area contributed by atoms with Crippen molar-refractivity contribution < 1.29 is 0 Å². The Morgan fingerprint density at radius 1 is 0.386 bits per heavy atom. The maximum absolute atomic E-state index is 4.95. The van der Waals surface area contributed by atoms with Crippen molar-refractivity contribution in [3.05, 3.63) is 212 Å². The largest absolute Gasteiger partial charge is 0.310 e. The monoisotopic (exact) mass is 764 g/mol. The molecule has 270 valence electrons. The number of thiazole rings is 1. The average Bonchev–Trinajstić information content (AvgIpc) is 3.70. The summed E-state index contributed by atoms with van der Waals surface area (Å²) in [5, 5.41) is 3.43. The van der Waals surface area contributed by atoms with Gasteiger partial charge in [-0.2, -0.15) is 0 Å². The molecule has 10 rings (SSSR count). The van der Waals surface area contributed by atoms with Gasteiger partial charge in [-0.05, 0) is 98.4 Å². The third-order valence-corrected chi connectivity index (χ3v) is 12.1. The van der Waals surface area contributed by atoms with Gasteiger partial charge in [0, 0.05) is 27.2 Å². The molecule has 0 atom stereocenters. The molecule has 0 unspecified atom stereocenters. The van der Waals surface area contributed by atoms with Crippen LogP contribution in [0.1, 0.15) is 0 Å². The summed E-state index contributed by atoms with van der Waals surface area (Å²) in [6.45, 7) is 0. The Balaban J connectivity index is 1.03. The minimum atomic E-state index is 0.916. The number of fused-ring (bicyclic) bond motifs is 2. The highest BCUT2D eigenvalue weighted by Gasteiger charge is 2.18. The lowest BCUT2D eigenvalue weighted by Crippen LogP contribution is -2.10. The molecule has 0 bridgehead atoms. The number of hydrogen-bond acceptors (Lipinski definition) is 4. The van der Waals surface area contributed by atoms with Crippen LogP contribution in [-0.4, -0.2) is 4.98 Å². The van der Waals surface area contributed by atoms with Gasteiger partial charge in [0.05, 0.1) is 15.9 Å². The zero-order valence-electron chi connectivity index (χ0n) is 31.0. The first-order valence-corrected chi connectivity index (χ1v) is 20.4. The zero-order valence-corrected chi connectivity index (χ0v) is 32.7. The average molecular weight is 765 g/mol. The summed E-state index contributed by atoms with van der Waals surface area (Å²) in [5.41, 5.74) is 14.8. The molecular weight excluding hydrogens is 729 g/mol. The molecule has 0 N–H and O–H groups in total. The summed E-state index contributed by atoms with van der Waals surface area (Å²) in [7, 11) is 0. The fourth-order valence-corrected chi connectivity index (χ4v) is 9.08. The van der Waals surface area contributed by atoms with Crippen LogP contribution in [0.3, 0.4) is 0 Å². The Morgan fingerprint density at radius 2 is 0.912 bits per heavy atom. The fraction of sp³-hybridized carbons (Fsp3) is 0. The standard InChI is InChI=1S/C53H36N2S2/c56-51-35-49-52(57-53(54-49)40-17-8-3-9-18-40)34-48(51)42-20-12-19-41(33-42)38-25-29-44(30-26-38)55(43-27-23-37(24-28-43)36-13-4-1-5-14-36)50-32-31-45(39-15-6-2-7-16-39)46-21-10-11-22-47(46)50/h1-35,56H. The predicted octanol–water partition coefficient (Wildman–Crippen LogP) is 15.5. The molecule has 0 aliphatic rings. The van der Waals surface area contributed by atoms with Crippen LogP contribution in [-0.2, 0) is 0 Å². The topological polar surface area (TPSA) is 16.1 Å². The van der Waals surface area contributed by atoms with E-state index in [0.717, 1.165) is 65.0 Å². The fourth-order valence-electron chi connectivity index (χ4n) is 7.78. The lowest BCUT2D eigenvalue weighted by atomic mass is 9.96. The van der Waals surface area contributed by atoms with Crippen LogP contribution in [0.15, 0.2) is 217 Å². The summed E-state index contributed by atoms with van der Waals surface area (Å²) in [4.78, 5) is 8.23. The van der Waals surface area contributed by atoms with E-state index >= 15 is 0 Å². The molecule has 10 aromatic rings. The number of nitrogens with zero attached hydrogens (tertiary/aromatic N) is 2. The van der Waals surface area contributed by atoms with E-state index in [1.54, 1.807) is 11.3 Å². The minimum Gasteiger partial charge on any atom is -0.310 e. The Morgan fingerprint density at radius 3 is 1.58 bits per heavy atom. The number of benzene rings is 9. The van der Waals surface area contributed by atoms with E-state index in [-0.39, 0.29) is 0 Å². The van der Waals surface area contributed by atoms with Gasteiger partial charge >= 0.3 is 0 Å². The molecule has 0 amide bonds. The highest BCUT2D eigenvalue weighted by atomic mass is 32.1. The summed E-state index contributed by atoms with van der Waals surface area (Å²) < 4.78 is 1.15. The van der Waals surface area contributed by atoms with Crippen molar-refractivity contribution in [2.75, 3.05) is 4.90 Å². The number of rotatable bonds is 8. The van der Waals surface area contributed by atoms with E-state index in [9.17, 15) is 0 Å². The predicted molar refractivity (Wildman–Crippen MR) is 246 cm³/mol. The molecular formula is C53H36N2S2. The van der Waals surface area contributed by atoms with Gasteiger partial charge in [-0.1, -0.05) is 164 Å². The van der Waals surface area contributed by atoms with Gasteiger partial charge in [0.1, 0.15) is 5.01 Å². The van der Waals surface area contributed by atoms with Gasteiger partial charge < -0.3 is 4.90 Å². The summed E-state index contributed by atoms with van der Waals surface area (Å²) >= 11 is 6.67. The molecule has 4 heteroatoms. The van der Waals surface area contributed by atoms with E-state index in [2.05, 4.69) is 211 Å². The molecule has 1 aromatic heterocycles. The molecule has 0 saturated heterocycles. The third-order valence-electron chi connectivity index (χ3n) is 10.6. The molecule has 0 aliphatic heterocycles. The van der Waals surface area contributed by atoms with Crippen LogP contribution in [0.2, 0.25) is 0 Å². The SMILES string of the molecule is Sc1cc2nc(-c3ccccc3)sc2cc1-c1cccc(-c2ccc(N(c3ccc(-c4ccccc4)cc3)c3ccc(-c4ccccc4)c4ccccc34)cc2)c1. The smallest absolute Gasteiger partial charge is 0.124 e. The quantitative estimate of drug-likeness (QED) is 0.155. The lowest BCUT2D eigenvalue weighted by Gasteiger charge is -2.28. The molecule has 2 nitrogen and oxygen atoms in total. The molecule has 0 radical (unpaired) electrons.